The van der Waals surface area contributed by atoms with Crippen molar-refractivity contribution in [2.75, 3.05) is 77.6 Å². The van der Waals surface area contributed by atoms with Crippen LogP contribution in [0.2, 0.25) is 5.02 Å². The molecule has 7 atom stereocenters. The van der Waals surface area contributed by atoms with Crippen LogP contribution < -0.4 is 14.4 Å². The molecule has 0 spiro atoms. The molecule has 6 rings (SSSR count). The molecule has 4 aliphatic rings. The van der Waals surface area contributed by atoms with Crippen LogP contribution in [0.1, 0.15) is 80.8 Å². The molecule has 2 fully saturated rings. The van der Waals surface area contributed by atoms with E-state index in [1.165, 1.54) is 11.1 Å². The van der Waals surface area contributed by atoms with Crippen LogP contribution in [0.15, 0.2) is 48.6 Å². The largest absolute Gasteiger partial charge is 0.593 e. The van der Waals surface area contributed by atoms with E-state index >= 15 is 0 Å². The van der Waals surface area contributed by atoms with Crippen LogP contribution >= 0.6 is 11.6 Å². The highest BCUT2D eigenvalue weighted by Gasteiger charge is 2.48. The SMILES string of the molecule is CCCc1cc(Cl)ccc1C1COc2ccc3cc2N(C1)CC1CCC1C(CN1CCN(CC(=O)OCC)CC1)(OC)/C=C/CC(C)C(C)[S+]([O-])NC3=O. The van der Waals surface area contributed by atoms with E-state index in [9.17, 15) is 14.1 Å². The summed E-state index contributed by atoms with van der Waals surface area (Å²) in [5, 5.41) is 0.481. The number of allylic oxidation sites excluding steroid dienone is 1. The standard InChI is InChI=1S/C42H59ClN4O6S/c1-6-9-31-22-35(43)13-14-36(31)34-25-47-24-33-11-15-37(33)42(51-5,28-46-20-18-45(19-21-46)26-40(48)52-7-2)17-8-10-29(3)30(4)54(50)44-41(49)32-12-16-39(53-27-34)38(47)23-32/h8,12-14,16-17,22-23,29-30,33-34,37H,6-7,9-11,15,18-21,24-28H2,1-5H3,(H,44,49)/b17-8+. The number of rotatable bonds is 9. The lowest BCUT2D eigenvalue weighted by Crippen LogP contribution is -2.59. The second-order valence-corrected chi connectivity index (χ2v) is 17.7. The third-order valence-corrected chi connectivity index (χ3v) is 14.0. The second kappa shape index (κ2) is 18.4. The molecule has 54 heavy (non-hydrogen) atoms. The zero-order valence-corrected chi connectivity index (χ0v) is 34.3. The first-order chi connectivity index (χ1) is 26.0. The molecular formula is C42H59ClN4O6S. The number of hydrogen-bond acceptors (Lipinski definition) is 9. The molecular weight excluding hydrogens is 724 g/mol. The van der Waals surface area contributed by atoms with Crippen LogP contribution in [0, 0.1) is 17.8 Å². The summed E-state index contributed by atoms with van der Waals surface area (Å²) in [6, 6.07) is 11.8. The number of piperazine rings is 1. The molecule has 7 unspecified atom stereocenters. The summed E-state index contributed by atoms with van der Waals surface area (Å²) in [4.78, 5) is 32.9. The van der Waals surface area contributed by atoms with E-state index < -0.39 is 17.0 Å². The molecule has 3 aliphatic heterocycles. The number of hydrogen-bond donors (Lipinski definition) is 1. The molecule has 0 aromatic heterocycles. The van der Waals surface area contributed by atoms with Crippen LogP contribution in [0.5, 0.6) is 5.75 Å². The van der Waals surface area contributed by atoms with Gasteiger partial charge in [-0.25, -0.2) is 0 Å². The molecule has 1 amide bonds. The van der Waals surface area contributed by atoms with Crippen molar-refractivity contribution in [1.82, 2.24) is 14.5 Å². The van der Waals surface area contributed by atoms with Gasteiger partial charge < -0.3 is 23.7 Å². The van der Waals surface area contributed by atoms with Crippen molar-refractivity contribution in [3.63, 3.8) is 0 Å². The van der Waals surface area contributed by atoms with Crippen LogP contribution in [-0.2, 0) is 32.1 Å². The summed E-state index contributed by atoms with van der Waals surface area (Å²) in [6.45, 7) is 14.8. The van der Waals surface area contributed by atoms with Crippen molar-refractivity contribution in [2.24, 2.45) is 17.8 Å². The van der Waals surface area contributed by atoms with Gasteiger partial charge in [-0.1, -0.05) is 50.1 Å². The van der Waals surface area contributed by atoms with Crippen molar-refractivity contribution >= 4 is 40.5 Å². The number of anilines is 1. The molecule has 10 nitrogen and oxygen atoms in total. The fraction of sp³-hybridized carbons (Fsp3) is 0.619. The number of nitrogens with zero attached hydrogens (tertiary/aromatic N) is 3. The van der Waals surface area contributed by atoms with Crippen molar-refractivity contribution < 1.29 is 28.4 Å². The zero-order chi connectivity index (χ0) is 38.4. The third kappa shape index (κ3) is 9.41. The van der Waals surface area contributed by atoms with E-state index in [1.54, 1.807) is 6.07 Å². The lowest BCUT2D eigenvalue weighted by molar-refractivity contribution is -0.145. The van der Waals surface area contributed by atoms with E-state index in [0.717, 1.165) is 88.0 Å². The van der Waals surface area contributed by atoms with E-state index in [4.69, 9.17) is 25.8 Å². The molecule has 1 aliphatic carbocycles. The van der Waals surface area contributed by atoms with Gasteiger partial charge in [0, 0.05) is 75.3 Å². The van der Waals surface area contributed by atoms with Crippen LogP contribution in [-0.4, -0.2) is 110 Å². The lowest BCUT2D eigenvalue weighted by atomic mass is 9.63. The van der Waals surface area contributed by atoms with Gasteiger partial charge in [-0.2, -0.15) is 4.72 Å². The quantitative estimate of drug-likeness (QED) is 0.180. The van der Waals surface area contributed by atoms with E-state index in [1.807, 2.05) is 39.2 Å². The van der Waals surface area contributed by atoms with Crippen LogP contribution in [0.4, 0.5) is 5.69 Å². The monoisotopic (exact) mass is 782 g/mol. The minimum Gasteiger partial charge on any atom is -0.593 e. The van der Waals surface area contributed by atoms with Crippen molar-refractivity contribution in [2.45, 2.75) is 76.6 Å². The van der Waals surface area contributed by atoms with E-state index in [-0.39, 0.29) is 34.9 Å². The number of carbonyl (C=O) groups excluding carboxylic acids is 2. The topological polar surface area (TPSA) is 107 Å². The molecule has 1 saturated carbocycles. The number of methoxy groups -OCH3 is 1. The summed E-state index contributed by atoms with van der Waals surface area (Å²) in [6.07, 6.45) is 9.28. The molecule has 1 saturated heterocycles. The Morgan fingerprint density at radius 3 is 2.56 bits per heavy atom. The van der Waals surface area contributed by atoms with Gasteiger partial charge in [-0.15, -0.1) is 0 Å². The average Bonchev–Trinajstić information content (AvgIpc) is 3.32. The molecule has 3 heterocycles. The molecule has 2 bridgehead atoms. The molecule has 2 aromatic carbocycles. The minimum absolute atomic E-state index is 0.0618. The number of ether oxygens (including phenoxy) is 3. The Morgan fingerprint density at radius 1 is 1.07 bits per heavy atom. The Kier molecular flexibility index (Phi) is 13.9. The maximum atomic E-state index is 13.6. The second-order valence-electron chi connectivity index (χ2n) is 15.7. The average molecular weight is 783 g/mol. The van der Waals surface area contributed by atoms with Gasteiger partial charge >= 0.3 is 5.97 Å². The molecule has 1 N–H and O–H groups in total. The summed E-state index contributed by atoms with van der Waals surface area (Å²) < 4.78 is 34.8. The Hall–Kier alpha value is -2.80. The van der Waals surface area contributed by atoms with Crippen molar-refractivity contribution in [3.05, 3.63) is 70.3 Å². The smallest absolute Gasteiger partial charge is 0.320 e. The van der Waals surface area contributed by atoms with Gasteiger partial charge in [0.2, 0.25) is 0 Å². The minimum atomic E-state index is -1.57. The van der Waals surface area contributed by atoms with E-state index in [2.05, 4.69) is 57.6 Å². The molecule has 296 valence electrons. The Morgan fingerprint density at radius 2 is 1.85 bits per heavy atom. The highest BCUT2D eigenvalue weighted by molar-refractivity contribution is 7.90. The predicted octanol–water partition coefficient (Wildman–Crippen LogP) is 6.25. The fourth-order valence-corrected chi connectivity index (χ4v) is 9.93. The Balaban J connectivity index is 1.33. The summed E-state index contributed by atoms with van der Waals surface area (Å²) in [5.41, 5.74) is 3.32. The number of amides is 1. The number of carbonyl (C=O) groups is 2. The fourth-order valence-electron chi connectivity index (χ4n) is 8.72. The number of fused-ring (bicyclic) bond motifs is 2. The number of esters is 1. The highest BCUT2D eigenvalue weighted by atomic mass is 35.5. The van der Waals surface area contributed by atoms with Gasteiger partial charge in [0.25, 0.3) is 5.91 Å². The molecule has 12 heteroatoms. The van der Waals surface area contributed by atoms with Gasteiger partial charge in [0.05, 0.1) is 36.8 Å². The normalized spacial score (nSPS) is 30.3. The number of aryl methyl sites for hydroxylation is 1. The lowest BCUT2D eigenvalue weighted by Gasteiger charge is -2.52. The number of nitrogens with one attached hydrogen (secondary N) is 1. The first-order valence-corrected chi connectivity index (χ1v) is 21.5. The first-order valence-electron chi connectivity index (χ1n) is 19.9. The highest BCUT2D eigenvalue weighted by Crippen LogP contribution is 2.47. The molecule has 2 aromatic rings. The summed E-state index contributed by atoms with van der Waals surface area (Å²) >= 11 is 4.93. The summed E-state index contributed by atoms with van der Waals surface area (Å²) in [5.74, 6) is 0.976. The predicted molar refractivity (Wildman–Crippen MR) is 216 cm³/mol. The van der Waals surface area contributed by atoms with Gasteiger partial charge in [-0.05, 0) is 92.8 Å². The zero-order valence-electron chi connectivity index (χ0n) is 32.7. The Labute approximate surface area is 330 Å². The van der Waals surface area contributed by atoms with E-state index in [0.29, 0.717) is 37.7 Å². The third-order valence-electron chi connectivity index (χ3n) is 12.2. The first kappa shape index (κ1) is 40.9. The van der Waals surface area contributed by atoms with Crippen molar-refractivity contribution in [1.29, 1.82) is 0 Å². The van der Waals surface area contributed by atoms with Gasteiger partial charge in [-0.3, -0.25) is 19.4 Å². The van der Waals surface area contributed by atoms with Gasteiger partial charge in [0.1, 0.15) is 16.6 Å². The maximum Gasteiger partial charge on any atom is 0.320 e. The van der Waals surface area contributed by atoms with Crippen LogP contribution in [0.25, 0.3) is 0 Å². The number of halogens is 1. The maximum absolute atomic E-state index is 13.6. The van der Waals surface area contributed by atoms with Crippen molar-refractivity contribution in [3.8, 4) is 5.75 Å². The number of benzene rings is 2. The van der Waals surface area contributed by atoms with Crippen LogP contribution in [0.3, 0.4) is 0 Å². The summed E-state index contributed by atoms with van der Waals surface area (Å²) in [7, 11) is 1.85. The molecule has 0 radical (unpaired) electrons. The Bertz CT molecular complexity index is 1640. The van der Waals surface area contributed by atoms with Gasteiger partial charge in [0.15, 0.2) is 0 Å².